The van der Waals surface area contributed by atoms with Gasteiger partial charge in [-0.05, 0) is 55.7 Å². The van der Waals surface area contributed by atoms with Gasteiger partial charge in [0.05, 0.1) is 19.3 Å². The molecule has 1 fully saturated rings. The predicted molar refractivity (Wildman–Crippen MR) is 121 cm³/mol. The van der Waals surface area contributed by atoms with Crippen LogP contribution in [0.1, 0.15) is 52.0 Å². The molecule has 1 aromatic heterocycles. The molecule has 2 aromatic rings. The second kappa shape index (κ2) is 10.2. The Kier molecular flexibility index (Phi) is 7.98. The van der Waals surface area contributed by atoms with Crippen molar-refractivity contribution in [3.05, 3.63) is 55.7 Å². The molecule has 7 nitrogen and oxygen atoms in total. The molecule has 0 aliphatic carbocycles. The van der Waals surface area contributed by atoms with Crippen LogP contribution in [0, 0.1) is 0 Å². The zero-order valence-corrected chi connectivity index (χ0v) is 20.1. The zero-order valence-electron chi connectivity index (χ0n) is 18.5. The minimum atomic E-state index is -1.37. The number of hydrogen-bond acceptors (Lipinski definition) is 8. The summed E-state index contributed by atoms with van der Waals surface area (Å²) in [6.07, 6.45) is -4.19. The second-order valence-electron chi connectivity index (χ2n) is 8.05. The number of carbonyl (C=O) groups excluding carboxylic acids is 1. The highest BCUT2D eigenvalue weighted by molar-refractivity contribution is 7.13. The fourth-order valence-corrected chi connectivity index (χ4v) is 5.22. The van der Waals surface area contributed by atoms with Crippen LogP contribution in [0.3, 0.4) is 0 Å². The van der Waals surface area contributed by atoms with Gasteiger partial charge >= 0.3 is 5.97 Å². The molecule has 1 saturated heterocycles. The van der Waals surface area contributed by atoms with Crippen molar-refractivity contribution in [3.8, 4) is 0 Å². The van der Waals surface area contributed by atoms with E-state index in [9.17, 15) is 20.1 Å². The molecule has 9 heteroatoms. The van der Waals surface area contributed by atoms with Gasteiger partial charge in [0, 0.05) is 23.4 Å². The van der Waals surface area contributed by atoms with Gasteiger partial charge in [0.25, 0.3) is 0 Å². The number of esters is 1. The van der Waals surface area contributed by atoms with E-state index in [2.05, 4.69) is 0 Å². The van der Waals surface area contributed by atoms with Crippen molar-refractivity contribution in [2.75, 3.05) is 13.7 Å². The highest BCUT2D eigenvalue weighted by Crippen LogP contribution is 2.41. The molecule has 0 amide bonds. The monoisotopic (exact) mass is 484 g/mol. The smallest absolute Gasteiger partial charge is 0.348 e. The lowest BCUT2D eigenvalue weighted by Crippen LogP contribution is -2.61. The lowest BCUT2D eigenvalue weighted by molar-refractivity contribution is -0.263. The number of aliphatic hydroxyl groups is 3. The molecule has 0 saturated carbocycles. The van der Waals surface area contributed by atoms with Crippen LogP contribution in [0.5, 0.6) is 0 Å². The van der Waals surface area contributed by atoms with E-state index in [1.807, 2.05) is 12.1 Å². The Bertz CT molecular complexity index is 962. The number of carbonyl (C=O) groups is 1. The number of thiophene rings is 1. The molecule has 1 aromatic carbocycles. The van der Waals surface area contributed by atoms with Crippen molar-refractivity contribution in [1.29, 1.82) is 0 Å². The molecule has 3 N–H and O–H groups in total. The van der Waals surface area contributed by atoms with Crippen molar-refractivity contribution >= 4 is 28.9 Å². The van der Waals surface area contributed by atoms with E-state index in [1.165, 1.54) is 11.3 Å². The SMILES string of the molecule is CCOC(=O)c1ccc(Cc2cc([C@]3(C)O[C@H](C)[C@@H](O)[C@H](O)[C@H]3O)c(COC)cc2Cl)s1. The van der Waals surface area contributed by atoms with E-state index >= 15 is 0 Å². The minimum absolute atomic E-state index is 0.222. The molecule has 2 heterocycles. The summed E-state index contributed by atoms with van der Waals surface area (Å²) >= 11 is 7.90. The molecule has 0 spiro atoms. The third-order valence-corrected chi connectivity index (χ3v) is 7.18. The van der Waals surface area contributed by atoms with Gasteiger partial charge in [-0.2, -0.15) is 0 Å². The molecule has 0 unspecified atom stereocenters. The van der Waals surface area contributed by atoms with Crippen molar-refractivity contribution in [2.45, 2.75) is 63.8 Å². The van der Waals surface area contributed by atoms with E-state index in [1.54, 1.807) is 40.0 Å². The first-order valence-corrected chi connectivity index (χ1v) is 11.6. The lowest BCUT2D eigenvalue weighted by atomic mass is 9.79. The number of methoxy groups -OCH3 is 1. The van der Waals surface area contributed by atoms with Gasteiger partial charge in [-0.25, -0.2) is 4.79 Å². The number of rotatable bonds is 7. The number of aliphatic hydroxyl groups excluding tert-OH is 3. The molecule has 0 radical (unpaired) electrons. The molecule has 3 rings (SSSR count). The van der Waals surface area contributed by atoms with Crippen LogP contribution < -0.4 is 0 Å². The normalized spacial score (nSPS) is 28.0. The van der Waals surface area contributed by atoms with E-state index in [0.717, 1.165) is 10.4 Å². The van der Waals surface area contributed by atoms with Gasteiger partial charge < -0.3 is 29.5 Å². The van der Waals surface area contributed by atoms with Crippen LogP contribution in [-0.2, 0) is 32.8 Å². The Labute approximate surface area is 196 Å². The Hall–Kier alpha value is -1.52. The van der Waals surface area contributed by atoms with Gasteiger partial charge in [-0.1, -0.05) is 17.7 Å². The Morgan fingerprint density at radius 1 is 1.22 bits per heavy atom. The van der Waals surface area contributed by atoms with Crippen molar-refractivity contribution in [1.82, 2.24) is 0 Å². The number of hydrogen-bond donors (Lipinski definition) is 3. The first-order valence-electron chi connectivity index (χ1n) is 10.4. The van der Waals surface area contributed by atoms with E-state index < -0.39 is 30.0 Å². The van der Waals surface area contributed by atoms with Gasteiger partial charge in [-0.15, -0.1) is 11.3 Å². The summed E-state index contributed by atoms with van der Waals surface area (Å²) in [6, 6.07) is 7.17. The van der Waals surface area contributed by atoms with Crippen LogP contribution in [-0.4, -0.2) is 59.4 Å². The van der Waals surface area contributed by atoms with E-state index in [0.29, 0.717) is 34.1 Å². The summed E-state index contributed by atoms with van der Waals surface area (Å²) in [6.45, 7) is 5.61. The lowest BCUT2D eigenvalue weighted by Gasteiger charge is -2.47. The molecule has 32 heavy (non-hydrogen) atoms. The molecule has 1 aliphatic heterocycles. The highest BCUT2D eigenvalue weighted by atomic mass is 35.5. The van der Waals surface area contributed by atoms with Crippen LogP contribution in [0.2, 0.25) is 5.02 Å². The van der Waals surface area contributed by atoms with Gasteiger partial charge in [-0.3, -0.25) is 0 Å². The summed E-state index contributed by atoms with van der Waals surface area (Å²) in [4.78, 5) is 13.4. The van der Waals surface area contributed by atoms with E-state index in [-0.39, 0.29) is 12.6 Å². The van der Waals surface area contributed by atoms with Crippen LogP contribution in [0.25, 0.3) is 0 Å². The van der Waals surface area contributed by atoms with Crippen LogP contribution >= 0.6 is 22.9 Å². The predicted octanol–water partition coefficient (Wildman–Crippen LogP) is 3.03. The molecular weight excluding hydrogens is 456 g/mol. The first kappa shape index (κ1) is 25.1. The quantitative estimate of drug-likeness (QED) is 0.519. The summed E-state index contributed by atoms with van der Waals surface area (Å²) in [7, 11) is 1.55. The fraction of sp³-hybridized carbons (Fsp3) is 0.522. The maximum atomic E-state index is 12.0. The maximum absolute atomic E-state index is 12.0. The summed E-state index contributed by atoms with van der Waals surface area (Å²) < 4.78 is 16.4. The maximum Gasteiger partial charge on any atom is 0.348 e. The van der Waals surface area contributed by atoms with Crippen molar-refractivity contribution in [2.24, 2.45) is 0 Å². The molecule has 1 aliphatic rings. The standard InChI is InChI=1S/C23H29ClO7S/c1-5-30-22(28)18-7-6-15(32-18)8-13-9-16(14(11-29-4)10-17(13)24)23(3)21(27)20(26)19(25)12(2)31-23/h6-7,9-10,12,19-21,25-27H,5,8,11H2,1-4H3/t12-,19-,20+,21-,23+/m1/s1. The molecule has 176 valence electrons. The highest BCUT2D eigenvalue weighted by Gasteiger charge is 2.51. The van der Waals surface area contributed by atoms with Crippen LogP contribution in [0.4, 0.5) is 0 Å². The van der Waals surface area contributed by atoms with Gasteiger partial charge in [0.15, 0.2) is 0 Å². The average molecular weight is 485 g/mol. The topological polar surface area (TPSA) is 105 Å². The largest absolute Gasteiger partial charge is 0.462 e. The number of halogens is 1. The van der Waals surface area contributed by atoms with Crippen LogP contribution in [0.15, 0.2) is 24.3 Å². The number of ether oxygens (including phenoxy) is 3. The first-order chi connectivity index (χ1) is 15.1. The van der Waals surface area contributed by atoms with Gasteiger partial charge in [0.2, 0.25) is 0 Å². The Morgan fingerprint density at radius 2 is 1.94 bits per heavy atom. The second-order valence-corrected chi connectivity index (χ2v) is 9.63. The van der Waals surface area contributed by atoms with E-state index in [4.69, 9.17) is 25.8 Å². The van der Waals surface area contributed by atoms with Gasteiger partial charge in [0.1, 0.15) is 28.8 Å². The zero-order chi connectivity index (χ0) is 23.6. The Balaban J connectivity index is 2.00. The minimum Gasteiger partial charge on any atom is -0.462 e. The summed E-state index contributed by atoms with van der Waals surface area (Å²) in [5.41, 5.74) is 0.795. The number of benzene rings is 1. The van der Waals surface area contributed by atoms with Crippen molar-refractivity contribution < 1.29 is 34.3 Å². The average Bonchev–Trinajstić information content (AvgIpc) is 3.22. The molecular formula is C23H29ClO7S. The van der Waals surface area contributed by atoms with Crippen molar-refractivity contribution in [3.63, 3.8) is 0 Å². The fourth-order valence-electron chi connectivity index (χ4n) is 4.04. The molecule has 5 atom stereocenters. The third-order valence-electron chi connectivity index (χ3n) is 5.76. The third kappa shape index (κ3) is 4.87. The summed E-state index contributed by atoms with van der Waals surface area (Å²) in [5, 5.41) is 31.9. The summed E-state index contributed by atoms with van der Waals surface area (Å²) in [5.74, 6) is -0.362. The Morgan fingerprint density at radius 3 is 2.59 bits per heavy atom. The molecule has 0 bridgehead atoms.